The van der Waals surface area contributed by atoms with E-state index in [1.807, 2.05) is 0 Å². The van der Waals surface area contributed by atoms with E-state index in [1.54, 1.807) is 11.0 Å². The topological polar surface area (TPSA) is 54.3 Å². The second-order valence-electron chi connectivity index (χ2n) is 8.14. The zero-order valence-electron chi connectivity index (χ0n) is 18.1. The van der Waals surface area contributed by atoms with Crippen molar-refractivity contribution >= 4 is 28.5 Å². The zero-order valence-corrected chi connectivity index (χ0v) is 18.8. The maximum absolute atomic E-state index is 13.5. The molecule has 1 aliphatic heterocycles. The molecule has 3 heterocycles. The summed E-state index contributed by atoms with van der Waals surface area (Å²) >= 11 is 6.10. The Kier molecular flexibility index (Phi) is 6.32. The molecule has 1 amide bonds. The van der Waals surface area contributed by atoms with Gasteiger partial charge in [-0.2, -0.15) is 18.3 Å². The minimum absolute atomic E-state index is 0.0535. The summed E-state index contributed by atoms with van der Waals surface area (Å²) in [7, 11) is 0. The van der Waals surface area contributed by atoms with Crippen molar-refractivity contribution in [2.24, 2.45) is 0 Å². The minimum atomic E-state index is -4.54. The summed E-state index contributed by atoms with van der Waals surface area (Å²) < 4.78 is 55.0. The quantitative estimate of drug-likeness (QED) is 0.522. The maximum atomic E-state index is 13.5. The van der Waals surface area contributed by atoms with Crippen LogP contribution in [0.3, 0.4) is 0 Å². The van der Waals surface area contributed by atoms with E-state index in [0.29, 0.717) is 37.7 Å². The van der Waals surface area contributed by atoms with Crippen LogP contribution in [0.15, 0.2) is 24.3 Å². The number of benzene rings is 1. The third kappa shape index (κ3) is 4.96. The lowest BCUT2D eigenvalue weighted by molar-refractivity contribution is -0.136. The molecule has 0 bridgehead atoms. The van der Waals surface area contributed by atoms with Crippen molar-refractivity contribution in [2.75, 3.05) is 26.2 Å². The monoisotopic (exact) mass is 483 g/mol. The zero-order chi connectivity index (χ0) is 23.9. The highest BCUT2D eigenvalue weighted by atomic mass is 35.5. The normalized spacial score (nSPS) is 15.4. The van der Waals surface area contributed by atoms with Crippen LogP contribution in [-0.2, 0) is 24.1 Å². The lowest BCUT2D eigenvalue weighted by Gasteiger charge is -2.35. The summed E-state index contributed by atoms with van der Waals surface area (Å²) in [6.45, 7) is 5.40. The lowest BCUT2D eigenvalue weighted by Crippen LogP contribution is -2.49. The van der Waals surface area contributed by atoms with Crippen LogP contribution in [0.25, 0.3) is 11.0 Å². The summed E-state index contributed by atoms with van der Waals surface area (Å²) in [5.41, 5.74) is 0.445. The number of pyridine rings is 1. The van der Waals surface area contributed by atoms with Crippen LogP contribution in [0, 0.1) is 19.7 Å². The van der Waals surface area contributed by atoms with Gasteiger partial charge < -0.3 is 4.90 Å². The molecule has 0 radical (unpaired) electrons. The minimum Gasteiger partial charge on any atom is -0.339 e. The van der Waals surface area contributed by atoms with Gasteiger partial charge in [0.05, 0.1) is 16.6 Å². The highest BCUT2D eigenvalue weighted by Gasteiger charge is 2.35. The number of rotatable bonds is 4. The van der Waals surface area contributed by atoms with Gasteiger partial charge in [-0.15, -0.1) is 0 Å². The van der Waals surface area contributed by atoms with Crippen LogP contribution >= 0.6 is 11.6 Å². The first kappa shape index (κ1) is 23.4. The number of aromatic nitrogens is 3. The van der Waals surface area contributed by atoms with E-state index in [1.165, 1.54) is 30.7 Å². The smallest absolute Gasteiger partial charge is 0.339 e. The van der Waals surface area contributed by atoms with Gasteiger partial charge in [-0.05, 0) is 37.6 Å². The van der Waals surface area contributed by atoms with Crippen molar-refractivity contribution in [1.82, 2.24) is 24.6 Å². The van der Waals surface area contributed by atoms with E-state index < -0.39 is 17.6 Å². The first-order valence-electron chi connectivity index (χ1n) is 10.4. The van der Waals surface area contributed by atoms with Crippen molar-refractivity contribution in [3.8, 4) is 0 Å². The molecule has 11 heteroatoms. The number of carbonyl (C=O) groups is 1. The summed E-state index contributed by atoms with van der Waals surface area (Å²) in [4.78, 5) is 20.9. The molecule has 1 fully saturated rings. The number of hydrogen-bond donors (Lipinski definition) is 0. The van der Waals surface area contributed by atoms with Crippen molar-refractivity contribution in [1.29, 1.82) is 0 Å². The number of fused-ring (bicyclic) bond motifs is 1. The Morgan fingerprint density at radius 1 is 1.12 bits per heavy atom. The molecule has 6 nitrogen and oxygen atoms in total. The number of alkyl halides is 3. The molecule has 0 atom stereocenters. The molecule has 2 aromatic heterocycles. The van der Waals surface area contributed by atoms with Crippen LogP contribution < -0.4 is 0 Å². The van der Waals surface area contributed by atoms with Crippen LogP contribution in [0.2, 0.25) is 5.02 Å². The average molecular weight is 484 g/mol. The van der Waals surface area contributed by atoms with Gasteiger partial charge >= 0.3 is 6.18 Å². The summed E-state index contributed by atoms with van der Waals surface area (Å²) in [5.74, 6) is -0.636. The van der Waals surface area contributed by atoms with Crippen molar-refractivity contribution in [3.05, 3.63) is 57.6 Å². The molecule has 0 spiro atoms. The van der Waals surface area contributed by atoms with Crippen LogP contribution in [0.1, 0.15) is 22.5 Å². The van der Waals surface area contributed by atoms with Crippen LogP contribution in [0.4, 0.5) is 17.6 Å². The first-order chi connectivity index (χ1) is 15.5. The molecular formula is C22H22ClF4N5O. The number of carbonyl (C=O) groups excluding carboxylic acids is 1. The molecule has 0 aliphatic carbocycles. The maximum Gasteiger partial charge on any atom is 0.417 e. The highest BCUT2D eigenvalue weighted by molar-refractivity contribution is 6.31. The Bertz CT molecular complexity index is 1200. The molecule has 0 unspecified atom stereocenters. The standard InChI is InChI=1S/C22H22ClF4N5O/c1-13-9-17(22(25,26)27)20-14(2)29-32(21(20)28-13)12-19(33)31-7-5-30(6-8-31)11-15-3-4-16(24)10-18(15)23/h3-4,9-10H,5-8,11-12H2,1-2H3. The first-order valence-corrected chi connectivity index (χ1v) is 10.8. The predicted molar refractivity (Wildman–Crippen MR) is 115 cm³/mol. The highest BCUT2D eigenvalue weighted by Crippen LogP contribution is 2.36. The number of amides is 1. The molecule has 0 saturated carbocycles. The number of hydrogen-bond acceptors (Lipinski definition) is 4. The Morgan fingerprint density at radius 3 is 2.45 bits per heavy atom. The number of aryl methyl sites for hydroxylation is 2. The second-order valence-corrected chi connectivity index (χ2v) is 8.55. The summed E-state index contributed by atoms with van der Waals surface area (Å²) in [6.07, 6.45) is -4.54. The van der Waals surface area contributed by atoms with Crippen molar-refractivity contribution in [3.63, 3.8) is 0 Å². The Morgan fingerprint density at radius 2 is 1.82 bits per heavy atom. The average Bonchev–Trinajstić information content (AvgIpc) is 3.04. The number of halogens is 5. The van der Waals surface area contributed by atoms with Gasteiger partial charge in [-0.1, -0.05) is 17.7 Å². The summed E-state index contributed by atoms with van der Waals surface area (Å²) in [5, 5.41) is 4.45. The Labute approximate surface area is 192 Å². The molecule has 0 N–H and O–H groups in total. The SMILES string of the molecule is Cc1cc(C(F)(F)F)c2c(C)nn(CC(=O)N3CCN(Cc4ccc(F)cc4Cl)CC3)c2n1. The second kappa shape index (κ2) is 8.90. The molecule has 4 rings (SSSR count). The Balaban J connectivity index is 1.45. The molecular weight excluding hydrogens is 462 g/mol. The molecule has 1 aromatic carbocycles. The van der Waals surface area contributed by atoms with Crippen LogP contribution in [0.5, 0.6) is 0 Å². The van der Waals surface area contributed by atoms with Gasteiger partial charge in [0, 0.05) is 43.4 Å². The number of nitrogens with zero attached hydrogens (tertiary/aromatic N) is 5. The van der Waals surface area contributed by atoms with E-state index >= 15 is 0 Å². The van der Waals surface area contributed by atoms with Gasteiger partial charge in [-0.3, -0.25) is 9.69 Å². The molecule has 1 aliphatic rings. The number of piperazine rings is 1. The van der Waals surface area contributed by atoms with E-state index in [-0.39, 0.29) is 34.9 Å². The molecule has 176 valence electrons. The van der Waals surface area contributed by atoms with Crippen molar-refractivity contribution in [2.45, 2.75) is 33.1 Å². The van der Waals surface area contributed by atoms with E-state index in [0.717, 1.165) is 11.6 Å². The lowest BCUT2D eigenvalue weighted by atomic mass is 10.1. The van der Waals surface area contributed by atoms with Crippen molar-refractivity contribution < 1.29 is 22.4 Å². The summed E-state index contributed by atoms with van der Waals surface area (Å²) in [6, 6.07) is 5.27. The van der Waals surface area contributed by atoms with Gasteiger partial charge in [0.1, 0.15) is 12.4 Å². The van der Waals surface area contributed by atoms with E-state index in [9.17, 15) is 22.4 Å². The van der Waals surface area contributed by atoms with Gasteiger partial charge in [0.25, 0.3) is 0 Å². The van der Waals surface area contributed by atoms with Gasteiger partial charge in [-0.25, -0.2) is 14.1 Å². The molecule has 1 saturated heterocycles. The third-order valence-corrected chi connectivity index (χ3v) is 6.08. The fourth-order valence-corrected chi connectivity index (χ4v) is 4.31. The fourth-order valence-electron chi connectivity index (χ4n) is 4.09. The molecule has 3 aromatic rings. The molecule has 33 heavy (non-hydrogen) atoms. The third-order valence-electron chi connectivity index (χ3n) is 5.73. The van der Waals surface area contributed by atoms with Crippen LogP contribution in [-0.4, -0.2) is 56.7 Å². The van der Waals surface area contributed by atoms with E-state index in [4.69, 9.17) is 11.6 Å². The van der Waals surface area contributed by atoms with Gasteiger partial charge in [0.2, 0.25) is 5.91 Å². The van der Waals surface area contributed by atoms with E-state index in [2.05, 4.69) is 15.0 Å². The fraction of sp³-hybridized carbons (Fsp3) is 0.409. The largest absolute Gasteiger partial charge is 0.417 e. The Hall–Kier alpha value is -2.72. The van der Waals surface area contributed by atoms with Gasteiger partial charge in [0.15, 0.2) is 5.65 Å². The predicted octanol–water partition coefficient (Wildman–Crippen LogP) is 4.20.